The second kappa shape index (κ2) is 6.67. The van der Waals surface area contributed by atoms with Gasteiger partial charge in [0, 0.05) is 24.2 Å². The van der Waals surface area contributed by atoms with Crippen LogP contribution in [0.1, 0.15) is 6.92 Å². The summed E-state index contributed by atoms with van der Waals surface area (Å²) in [6.45, 7) is 1.61. The van der Waals surface area contributed by atoms with Crippen LogP contribution in [0.2, 0.25) is 5.02 Å². The molecular formula is C17H14ClN3O2S. The molecule has 0 saturated heterocycles. The third kappa shape index (κ3) is 3.29. The van der Waals surface area contributed by atoms with Gasteiger partial charge in [0.05, 0.1) is 27.1 Å². The van der Waals surface area contributed by atoms with Crippen molar-refractivity contribution in [2.24, 2.45) is 0 Å². The first kappa shape index (κ1) is 16.5. The van der Waals surface area contributed by atoms with Gasteiger partial charge in [-0.15, -0.1) is 0 Å². The lowest BCUT2D eigenvalue weighted by Crippen LogP contribution is -2.07. The smallest absolute Gasteiger partial charge is 0.180 e. The van der Waals surface area contributed by atoms with E-state index in [1.54, 1.807) is 55.8 Å². The van der Waals surface area contributed by atoms with Crippen LogP contribution in [0, 0.1) is 0 Å². The molecule has 0 aliphatic carbocycles. The van der Waals surface area contributed by atoms with E-state index in [0.717, 1.165) is 11.3 Å². The van der Waals surface area contributed by atoms with Crippen molar-refractivity contribution in [3.63, 3.8) is 0 Å². The van der Waals surface area contributed by atoms with E-state index in [1.165, 1.54) is 0 Å². The maximum absolute atomic E-state index is 12.2. The van der Waals surface area contributed by atoms with Crippen molar-refractivity contribution >= 4 is 21.4 Å². The van der Waals surface area contributed by atoms with Gasteiger partial charge in [0.15, 0.2) is 9.84 Å². The quantitative estimate of drug-likeness (QED) is 0.710. The fourth-order valence-electron chi connectivity index (χ4n) is 2.22. The summed E-state index contributed by atoms with van der Waals surface area (Å²) < 4.78 is 24.5. The molecule has 0 fully saturated rings. The minimum atomic E-state index is -3.37. The Balaban J connectivity index is 2.02. The van der Waals surface area contributed by atoms with Crippen LogP contribution in [0.4, 0.5) is 0 Å². The van der Waals surface area contributed by atoms with Crippen molar-refractivity contribution in [1.29, 1.82) is 0 Å². The molecule has 0 amide bonds. The first-order valence-electron chi connectivity index (χ1n) is 7.27. The fraction of sp³-hybridized carbons (Fsp3) is 0.118. The van der Waals surface area contributed by atoms with Gasteiger partial charge in [-0.1, -0.05) is 18.5 Å². The van der Waals surface area contributed by atoms with Crippen molar-refractivity contribution in [2.45, 2.75) is 11.8 Å². The number of nitrogens with zero attached hydrogens (tertiary/aromatic N) is 3. The predicted octanol–water partition coefficient (Wildman–Crippen LogP) is 3.65. The topological polar surface area (TPSA) is 72.8 Å². The fourth-order valence-corrected chi connectivity index (χ4v) is 3.38. The van der Waals surface area contributed by atoms with Gasteiger partial charge in [-0.05, 0) is 36.4 Å². The average Bonchev–Trinajstić information content (AvgIpc) is 2.62. The van der Waals surface area contributed by atoms with Gasteiger partial charge in [-0.3, -0.25) is 15.0 Å². The summed E-state index contributed by atoms with van der Waals surface area (Å²) in [6.07, 6.45) is 4.76. The van der Waals surface area contributed by atoms with Gasteiger partial charge >= 0.3 is 0 Å². The Labute approximate surface area is 145 Å². The molecule has 0 aliphatic heterocycles. The largest absolute Gasteiger partial charge is 0.255 e. The third-order valence-electron chi connectivity index (χ3n) is 3.52. The summed E-state index contributed by atoms with van der Waals surface area (Å²) in [5.74, 6) is 0.0124. The lowest BCUT2D eigenvalue weighted by Gasteiger charge is -2.08. The first-order valence-corrected chi connectivity index (χ1v) is 9.30. The number of rotatable bonds is 4. The van der Waals surface area contributed by atoms with Crippen molar-refractivity contribution in [3.8, 4) is 22.6 Å². The molecule has 3 rings (SSSR count). The summed E-state index contributed by atoms with van der Waals surface area (Å²) in [4.78, 5) is 13.0. The summed E-state index contributed by atoms with van der Waals surface area (Å²) in [5, 5.41) is 0.561. The Hall–Kier alpha value is -2.31. The Bertz CT molecular complexity index is 956. The van der Waals surface area contributed by atoms with Gasteiger partial charge in [0.1, 0.15) is 5.69 Å². The van der Waals surface area contributed by atoms with E-state index in [2.05, 4.69) is 15.0 Å². The molecule has 3 aromatic rings. The molecular weight excluding hydrogens is 346 g/mol. The second-order valence-corrected chi connectivity index (χ2v) is 7.73. The molecule has 3 aromatic heterocycles. The van der Waals surface area contributed by atoms with E-state index < -0.39 is 9.84 Å². The Morgan fingerprint density at radius 2 is 1.71 bits per heavy atom. The van der Waals surface area contributed by atoms with Crippen LogP contribution >= 0.6 is 11.6 Å². The number of halogens is 1. The molecule has 122 valence electrons. The normalized spacial score (nSPS) is 11.4. The summed E-state index contributed by atoms with van der Waals surface area (Å²) >= 11 is 5.83. The van der Waals surface area contributed by atoms with Crippen LogP contribution in [-0.4, -0.2) is 29.1 Å². The molecule has 7 heteroatoms. The Morgan fingerprint density at radius 3 is 2.33 bits per heavy atom. The van der Waals surface area contributed by atoms with Crippen molar-refractivity contribution in [1.82, 2.24) is 15.0 Å². The highest BCUT2D eigenvalue weighted by molar-refractivity contribution is 7.91. The highest BCUT2D eigenvalue weighted by Crippen LogP contribution is 2.26. The predicted molar refractivity (Wildman–Crippen MR) is 93.4 cm³/mol. The molecule has 3 heterocycles. The summed E-state index contributed by atoms with van der Waals surface area (Å²) in [7, 11) is -3.37. The maximum atomic E-state index is 12.2. The van der Waals surface area contributed by atoms with Gasteiger partial charge in [0.2, 0.25) is 0 Å². The average molecular weight is 360 g/mol. The number of hydrogen-bond acceptors (Lipinski definition) is 5. The van der Waals surface area contributed by atoms with Crippen LogP contribution < -0.4 is 0 Å². The lowest BCUT2D eigenvalue weighted by molar-refractivity contribution is 0.597. The zero-order valence-electron chi connectivity index (χ0n) is 12.8. The van der Waals surface area contributed by atoms with Crippen LogP contribution in [0.25, 0.3) is 22.6 Å². The highest BCUT2D eigenvalue weighted by atomic mass is 35.5. The zero-order valence-corrected chi connectivity index (χ0v) is 14.4. The third-order valence-corrected chi connectivity index (χ3v) is 5.50. The van der Waals surface area contributed by atoms with Crippen LogP contribution in [0.5, 0.6) is 0 Å². The van der Waals surface area contributed by atoms with E-state index in [-0.39, 0.29) is 10.6 Å². The van der Waals surface area contributed by atoms with E-state index in [4.69, 9.17) is 11.6 Å². The zero-order chi connectivity index (χ0) is 17.2. The van der Waals surface area contributed by atoms with E-state index in [1.807, 2.05) is 6.07 Å². The van der Waals surface area contributed by atoms with Gasteiger partial charge < -0.3 is 0 Å². The number of pyridine rings is 3. The molecule has 0 atom stereocenters. The van der Waals surface area contributed by atoms with Crippen LogP contribution in [0.15, 0.2) is 59.9 Å². The lowest BCUT2D eigenvalue weighted by atomic mass is 10.1. The summed E-state index contributed by atoms with van der Waals surface area (Å²) in [5.41, 5.74) is 2.41. The molecule has 24 heavy (non-hydrogen) atoms. The standard InChI is InChI=1S/C17H14ClN3O2S/c1-2-24(22,23)16-4-3-9-19-17(16)15-7-5-12(10-20-15)14-8-6-13(18)11-21-14/h3-11H,2H2,1H3. The summed E-state index contributed by atoms with van der Waals surface area (Å²) in [6, 6.07) is 10.3. The minimum absolute atomic E-state index is 0.0124. The highest BCUT2D eigenvalue weighted by Gasteiger charge is 2.19. The molecule has 0 N–H and O–H groups in total. The number of sulfone groups is 1. The SMILES string of the molecule is CCS(=O)(=O)c1cccnc1-c1ccc(-c2ccc(Cl)cn2)cn1. The maximum Gasteiger partial charge on any atom is 0.180 e. The molecule has 0 saturated carbocycles. The monoisotopic (exact) mass is 359 g/mol. The second-order valence-electron chi connectivity index (χ2n) is 5.05. The molecule has 0 aliphatic rings. The minimum Gasteiger partial charge on any atom is -0.255 e. The van der Waals surface area contributed by atoms with Crippen molar-refractivity contribution in [3.05, 3.63) is 60.0 Å². The van der Waals surface area contributed by atoms with E-state index in [0.29, 0.717) is 16.4 Å². The van der Waals surface area contributed by atoms with E-state index >= 15 is 0 Å². The first-order chi connectivity index (χ1) is 11.5. The molecule has 0 radical (unpaired) electrons. The van der Waals surface area contributed by atoms with Gasteiger partial charge in [-0.2, -0.15) is 0 Å². The van der Waals surface area contributed by atoms with Gasteiger partial charge in [-0.25, -0.2) is 8.42 Å². The molecule has 0 bridgehead atoms. The molecule has 0 spiro atoms. The molecule has 0 unspecified atom stereocenters. The van der Waals surface area contributed by atoms with Crippen LogP contribution in [0.3, 0.4) is 0 Å². The Kier molecular flexibility index (Phi) is 4.59. The van der Waals surface area contributed by atoms with Crippen LogP contribution in [-0.2, 0) is 9.84 Å². The van der Waals surface area contributed by atoms with Crippen molar-refractivity contribution < 1.29 is 8.42 Å². The van der Waals surface area contributed by atoms with E-state index in [9.17, 15) is 8.42 Å². The van der Waals surface area contributed by atoms with Crippen molar-refractivity contribution in [2.75, 3.05) is 5.75 Å². The number of hydrogen-bond donors (Lipinski definition) is 0. The Morgan fingerprint density at radius 1 is 0.958 bits per heavy atom. The number of aromatic nitrogens is 3. The van der Waals surface area contributed by atoms with Gasteiger partial charge in [0.25, 0.3) is 0 Å². The molecule has 5 nitrogen and oxygen atoms in total. The molecule has 0 aromatic carbocycles.